The van der Waals surface area contributed by atoms with E-state index in [9.17, 15) is 0 Å². The first kappa shape index (κ1) is 13.8. The molecule has 0 aliphatic carbocycles. The molecule has 1 aromatic carbocycles. The molecule has 2 aromatic heterocycles. The zero-order valence-electron chi connectivity index (χ0n) is 10.5. The Kier molecular flexibility index (Phi) is 4.21. The Hall–Kier alpha value is -1.14. The number of hydrogen-bond donors (Lipinski definition) is 1. The first-order valence-corrected chi connectivity index (χ1v) is 8.17. The van der Waals surface area contributed by atoms with Gasteiger partial charge in [-0.2, -0.15) is 0 Å². The molecule has 0 fully saturated rings. The topological polar surface area (TPSA) is 51.8 Å². The fourth-order valence-corrected chi connectivity index (χ4v) is 4.24. The zero-order valence-corrected chi connectivity index (χ0v) is 12.9. The number of fused-ring (bicyclic) bond motifs is 1. The van der Waals surface area contributed by atoms with Crippen molar-refractivity contribution in [3.63, 3.8) is 0 Å². The Morgan fingerprint density at radius 1 is 1.20 bits per heavy atom. The van der Waals surface area contributed by atoms with Crippen LogP contribution in [0.1, 0.15) is 10.1 Å². The predicted octanol–water partition coefficient (Wildman–Crippen LogP) is 4.14. The summed E-state index contributed by atoms with van der Waals surface area (Å²) >= 11 is 9.23. The first-order valence-electron chi connectivity index (χ1n) is 6.09. The number of nitrogens with zero attached hydrogens (tertiary/aromatic N) is 2. The highest BCUT2D eigenvalue weighted by molar-refractivity contribution is 7.99. The molecule has 0 saturated heterocycles. The van der Waals surface area contributed by atoms with E-state index in [1.807, 2.05) is 36.4 Å². The van der Waals surface area contributed by atoms with Crippen molar-refractivity contribution >= 4 is 45.6 Å². The highest BCUT2D eigenvalue weighted by Crippen LogP contribution is 2.39. The fourth-order valence-electron chi connectivity index (χ4n) is 1.93. The SMILES string of the molecule is NCC(Sc1ncnc2ccccc12)c1ccc(Cl)s1. The van der Waals surface area contributed by atoms with Crippen LogP contribution < -0.4 is 5.73 Å². The number of halogens is 1. The van der Waals surface area contributed by atoms with Crippen molar-refractivity contribution in [1.29, 1.82) is 0 Å². The van der Waals surface area contributed by atoms with Gasteiger partial charge in [0, 0.05) is 16.8 Å². The molecule has 1 atom stereocenters. The van der Waals surface area contributed by atoms with Gasteiger partial charge in [0.15, 0.2) is 0 Å². The predicted molar refractivity (Wildman–Crippen MR) is 86.5 cm³/mol. The van der Waals surface area contributed by atoms with E-state index in [1.54, 1.807) is 29.4 Å². The van der Waals surface area contributed by atoms with Gasteiger partial charge in [-0.15, -0.1) is 11.3 Å². The van der Waals surface area contributed by atoms with E-state index in [1.165, 1.54) is 4.88 Å². The molecule has 3 rings (SSSR count). The van der Waals surface area contributed by atoms with Crippen LogP contribution in [-0.2, 0) is 0 Å². The van der Waals surface area contributed by atoms with Crippen LogP contribution in [-0.4, -0.2) is 16.5 Å². The normalized spacial score (nSPS) is 12.7. The number of aromatic nitrogens is 2. The van der Waals surface area contributed by atoms with Crippen LogP contribution in [0.25, 0.3) is 10.9 Å². The summed E-state index contributed by atoms with van der Waals surface area (Å²) in [5.41, 5.74) is 6.85. The van der Waals surface area contributed by atoms with Gasteiger partial charge in [0.2, 0.25) is 0 Å². The van der Waals surface area contributed by atoms with Gasteiger partial charge in [-0.25, -0.2) is 9.97 Å². The largest absolute Gasteiger partial charge is 0.329 e. The molecule has 0 amide bonds. The first-order chi connectivity index (χ1) is 9.78. The molecule has 2 N–H and O–H groups in total. The highest BCUT2D eigenvalue weighted by atomic mass is 35.5. The smallest absolute Gasteiger partial charge is 0.117 e. The molecule has 2 heterocycles. The van der Waals surface area contributed by atoms with Crippen LogP contribution in [0.15, 0.2) is 47.8 Å². The average Bonchev–Trinajstić information content (AvgIpc) is 2.91. The molecule has 6 heteroatoms. The number of hydrogen-bond acceptors (Lipinski definition) is 5. The van der Waals surface area contributed by atoms with Crippen LogP contribution >= 0.6 is 34.7 Å². The second-order valence-corrected chi connectivity index (χ2v) is 7.12. The lowest BCUT2D eigenvalue weighted by molar-refractivity contribution is 0.953. The Morgan fingerprint density at radius 2 is 2.05 bits per heavy atom. The van der Waals surface area contributed by atoms with E-state index in [4.69, 9.17) is 17.3 Å². The third-order valence-corrected chi connectivity index (χ3v) is 5.66. The number of nitrogens with two attached hydrogens (primary N) is 1. The van der Waals surface area contributed by atoms with E-state index in [0.29, 0.717) is 6.54 Å². The van der Waals surface area contributed by atoms with Crippen molar-refractivity contribution in [1.82, 2.24) is 9.97 Å². The van der Waals surface area contributed by atoms with Gasteiger partial charge in [0.25, 0.3) is 0 Å². The van der Waals surface area contributed by atoms with Crippen LogP contribution in [0, 0.1) is 0 Å². The summed E-state index contributed by atoms with van der Waals surface area (Å²) < 4.78 is 0.784. The van der Waals surface area contributed by atoms with Crippen LogP contribution in [0.4, 0.5) is 0 Å². The molecular weight excluding hydrogens is 310 g/mol. The summed E-state index contributed by atoms with van der Waals surface area (Å²) in [5, 5.41) is 2.17. The van der Waals surface area contributed by atoms with Crippen molar-refractivity contribution in [2.24, 2.45) is 5.73 Å². The third-order valence-electron chi connectivity index (χ3n) is 2.89. The minimum absolute atomic E-state index is 0.158. The average molecular weight is 322 g/mol. The Balaban J connectivity index is 1.95. The van der Waals surface area contributed by atoms with Crippen LogP contribution in [0.2, 0.25) is 4.34 Å². The van der Waals surface area contributed by atoms with Crippen molar-refractivity contribution in [3.05, 3.63) is 51.9 Å². The number of thioether (sulfide) groups is 1. The van der Waals surface area contributed by atoms with E-state index < -0.39 is 0 Å². The molecule has 0 aliphatic heterocycles. The molecule has 3 aromatic rings. The Labute approximate surface area is 130 Å². The molecule has 0 radical (unpaired) electrons. The van der Waals surface area contributed by atoms with Gasteiger partial charge in [-0.1, -0.05) is 41.6 Å². The Morgan fingerprint density at radius 3 is 2.80 bits per heavy atom. The number of benzene rings is 1. The van der Waals surface area contributed by atoms with Gasteiger partial charge in [-0.05, 0) is 18.2 Å². The third kappa shape index (κ3) is 2.81. The second kappa shape index (κ2) is 6.10. The van der Waals surface area contributed by atoms with Crippen molar-refractivity contribution in [2.75, 3.05) is 6.54 Å². The molecule has 0 spiro atoms. The summed E-state index contributed by atoms with van der Waals surface area (Å²) in [4.78, 5) is 9.84. The van der Waals surface area contributed by atoms with E-state index >= 15 is 0 Å². The standard InChI is InChI=1S/C14H12ClN3S2/c15-13-6-5-11(19-13)12(7-16)20-14-9-3-1-2-4-10(9)17-8-18-14/h1-6,8,12H,7,16H2. The summed E-state index contributed by atoms with van der Waals surface area (Å²) in [6.07, 6.45) is 1.60. The number of rotatable bonds is 4. The lowest BCUT2D eigenvalue weighted by Crippen LogP contribution is -2.08. The van der Waals surface area contributed by atoms with Crippen LogP contribution in [0.5, 0.6) is 0 Å². The molecule has 0 bridgehead atoms. The molecule has 3 nitrogen and oxygen atoms in total. The molecule has 1 unspecified atom stereocenters. The highest BCUT2D eigenvalue weighted by Gasteiger charge is 2.16. The minimum Gasteiger partial charge on any atom is -0.329 e. The van der Waals surface area contributed by atoms with Crippen LogP contribution in [0.3, 0.4) is 0 Å². The van der Waals surface area contributed by atoms with Gasteiger partial charge >= 0.3 is 0 Å². The molecule has 102 valence electrons. The van der Waals surface area contributed by atoms with Gasteiger partial charge in [-0.3, -0.25) is 0 Å². The number of para-hydroxylation sites is 1. The van der Waals surface area contributed by atoms with Crippen molar-refractivity contribution < 1.29 is 0 Å². The molecule has 0 aliphatic rings. The monoisotopic (exact) mass is 321 g/mol. The summed E-state index contributed by atoms with van der Waals surface area (Å²) in [5.74, 6) is 0. The van der Waals surface area contributed by atoms with Gasteiger partial charge in [0.05, 0.1) is 15.1 Å². The van der Waals surface area contributed by atoms with Gasteiger partial charge in [0.1, 0.15) is 11.4 Å². The van der Waals surface area contributed by atoms with E-state index in [2.05, 4.69) is 9.97 Å². The maximum Gasteiger partial charge on any atom is 0.117 e. The van der Waals surface area contributed by atoms with E-state index in [0.717, 1.165) is 20.3 Å². The molecule has 0 saturated carbocycles. The second-order valence-electron chi connectivity index (χ2n) is 4.18. The summed E-state index contributed by atoms with van der Waals surface area (Å²) in [7, 11) is 0. The molecular formula is C14H12ClN3S2. The fraction of sp³-hybridized carbons (Fsp3) is 0.143. The lowest BCUT2D eigenvalue weighted by Gasteiger charge is -2.13. The summed E-state index contributed by atoms with van der Waals surface area (Å²) in [6.45, 7) is 0.542. The molecule has 20 heavy (non-hydrogen) atoms. The maximum atomic E-state index is 6.00. The minimum atomic E-state index is 0.158. The summed E-state index contributed by atoms with van der Waals surface area (Å²) in [6, 6.07) is 11.9. The van der Waals surface area contributed by atoms with Crippen molar-refractivity contribution in [2.45, 2.75) is 10.3 Å². The number of thiophene rings is 1. The lowest BCUT2D eigenvalue weighted by atomic mass is 10.2. The van der Waals surface area contributed by atoms with Crippen molar-refractivity contribution in [3.8, 4) is 0 Å². The van der Waals surface area contributed by atoms with E-state index in [-0.39, 0.29) is 5.25 Å². The zero-order chi connectivity index (χ0) is 13.9. The van der Waals surface area contributed by atoms with Gasteiger partial charge < -0.3 is 5.73 Å². The maximum absolute atomic E-state index is 6.00. The Bertz CT molecular complexity index is 724. The quantitative estimate of drug-likeness (QED) is 0.579.